The molecule has 0 spiro atoms. The minimum absolute atomic E-state index is 0.0565. The molecule has 1 fully saturated rings. The summed E-state index contributed by atoms with van der Waals surface area (Å²) >= 11 is 0. The molecule has 1 aromatic carbocycles. The van der Waals surface area contributed by atoms with Crippen LogP contribution >= 0.6 is 0 Å². The van der Waals surface area contributed by atoms with Crippen molar-refractivity contribution in [3.63, 3.8) is 0 Å². The van der Waals surface area contributed by atoms with Gasteiger partial charge in [0.2, 0.25) is 10.0 Å². The average Bonchev–Trinajstić information content (AvgIpc) is 3.27. The van der Waals surface area contributed by atoms with Gasteiger partial charge in [0.15, 0.2) is 0 Å². The van der Waals surface area contributed by atoms with Gasteiger partial charge in [0.05, 0.1) is 11.5 Å². The number of hydrogen-bond acceptors (Lipinski definition) is 3. The highest BCUT2D eigenvalue weighted by atomic mass is 32.2. The van der Waals surface area contributed by atoms with Crippen molar-refractivity contribution in [3.05, 3.63) is 29.3 Å². The van der Waals surface area contributed by atoms with Crippen LogP contribution in [0, 0.1) is 5.92 Å². The zero-order valence-corrected chi connectivity index (χ0v) is 13.9. The average molecular weight is 311 g/mol. The predicted molar refractivity (Wildman–Crippen MR) is 83.5 cm³/mol. The first-order chi connectivity index (χ1) is 9.90. The quantitative estimate of drug-likeness (QED) is 0.842. The number of nitrogens with zero attached hydrogens (tertiary/aromatic N) is 1. The SMILES string of the molecule is CCc1ccc(S(=O)(=O)N(CC2CC2)C(C)C)cc1CO. The van der Waals surface area contributed by atoms with Crippen LogP contribution in [-0.4, -0.2) is 30.4 Å². The van der Waals surface area contributed by atoms with E-state index in [0.717, 1.165) is 24.8 Å². The largest absolute Gasteiger partial charge is 0.392 e. The van der Waals surface area contributed by atoms with E-state index in [1.807, 2.05) is 26.8 Å². The summed E-state index contributed by atoms with van der Waals surface area (Å²) in [5.74, 6) is 0.509. The minimum Gasteiger partial charge on any atom is -0.392 e. The highest BCUT2D eigenvalue weighted by molar-refractivity contribution is 7.89. The zero-order chi connectivity index (χ0) is 15.6. The fraction of sp³-hybridized carbons (Fsp3) is 0.625. The maximum Gasteiger partial charge on any atom is 0.243 e. The highest BCUT2D eigenvalue weighted by Gasteiger charge is 2.33. The van der Waals surface area contributed by atoms with E-state index in [1.54, 1.807) is 16.4 Å². The van der Waals surface area contributed by atoms with E-state index in [4.69, 9.17) is 0 Å². The molecule has 1 aliphatic rings. The molecule has 0 unspecified atom stereocenters. The van der Waals surface area contributed by atoms with Crippen LogP contribution in [0.4, 0.5) is 0 Å². The molecule has 2 rings (SSSR count). The monoisotopic (exact) mass is 311 g/mol. The summed E-state index contributed by atoms with van der Waals surface area (Å²) in [5.41, 5.74) is 1.70. The van der Waals surface area contributed by atoms with Crippen LogP contribution in [0.15, 0.2) is 23.1 Å². The van der Waals surface area contributed by atoms with E-state index in [9.17, 15) is 13.5 Å². The van der Waals surface area contributed by atoms with Gasteiger partial charge in [-0.1, -0.05) is 13.0 Å². The van der Waals surface area contributed by atoms with E-state index in [1.165, 1.54) is 0 Å². The van der Waals surface area contributed by atoms with Crippen LogP contribution in [-0.2, 0) is 23.1 Å². The summed E-state index contributed by atoms with van der Waals surface area (Å²) in [6.45, 7) is 6.29. The molecular formula is C16H25NO3S. The first kappa shape index (κ1) is 16.5. The van der Waals surface area contributed by atoms with Crippen molar-refractivity contribution in [3.8, 4) is 0 Å². The third-order valence-electron chi connectivity index (χ3n) is 4.05. The lowest BCUT2D eigenvalue weighted by atomic mass is 10.1. The van der Waals surface area contributed by atoms with Crippen molar-refractivity contribution in [1.29, 1.82) is 0 Å². The van der Waals surface area contributed by atoms with Crippen LogP contribution in [0.5, 0.6) is 0 Å². The summed E-state index contributed by atoms with van der Waals surface area (Å²) in [5, 5.41) is 9.43. The van der Waals surface area contributed by atoms with Crippen LogP contribution in [0.2, 0.25) is 0 Å². The van der Waals surface area contributed by atoms with E-state index in [2.05, 4.69) is 0 Å². The van der Waals surface area contributed by atoms with Gasteiger partial charge in [0.25, 0.3) is 0 Å². The van der Waals surface area contributed by atoms with Gasteiger partial charge in [-0.05, 0) is 62.3 Å². The van der Waals surface area contributed by atoms with E-state index in [-0.39, 0.29) is 17.5 Å². The molecule has 4 nitrogen and oxygen atoms in total. The number of benzene rings is 1. The Balaban J connectivity index is 2.36. The molecule has 0 aromatic heterocycles. The van der Waals surface area contributed by atoms with Gasteiger partial charge in [-0.15, -0.1) is 0 Å². The van der Waals surface area contributed by atoms with E-state index in [0.29, 0.717) is 18.0 Å². The Kier molecular flexibility index (Phi) is 5.07. The third-order valence-corrected chi connectivity index (χ3v) is 6.08. The van der Waals surface area contributed by atoms with Gasteiger partial charge in [-0.2, -0.15) is 4.31 Å². The van der Waals surface area contributed by atoms with E-state index >= 15 is 0 Å². The smallest absolute Gasteiger partial charge is 0.243 e. The van der Waals surface area contributed by atoms with E-state index < -0.39 is 10.0 Å². The zero-order valence-electron chi connectivity index (χ0n) is 13.0. The standard InChI is InChI=1S/C16H25NO3S/c1-4-14-7-8-16(9-15(14)11-18)21(19,20)17(12(2)3)10-13-5-6-13/h7-9,12-13,18H,4-6,10-11H2,1-3H3. The molecule has 5 heteroatoms. The lowest BCUT2D eigenvalue weighted by Crippen LogP contribution is -2.38. The normalized spacial score (nSPS) is 15.9. The number of aliphatic hydroxyl groups is 1. The second-order valence-electron chi connectivity index (χ2n) is 6.05. The molecule has 0 atom stereocenters. The summed E-state index contributed by atoms with van der Waals surface area (Å²) in [4.78, 5) is 0.290. The van der Waals surface area contributed by atoms with Crippen molar-refractivity contribution >= 4 is 10.0 Å². The van der Waals surface area contributed by atoms with Crippen LogP contribution in [0.3, 0.4) is 0 Å². The number of aliphatic hydroxyl groups excluding tert-OH is 1. The summed E-state index contributed by atoms with van der Waals surface area (Å²) in [6, 6.07) is 5.04. The molecule has 0 heterocycles. The number of sulfonamides is 1. The Hall–Kier alpha value is -0.910. The van der Waals surface area contributed by atoms with Gasteiger partial charge in [-0.3, -0.25) is 0 Å². The van der Waals surface area contributed by atoms with Crippen molar-refractivity contribution in [1.82, 2.24) is 4.31 Å². The lowest BCUT2D eigenvalue weighted by molar-refractivity contribution is 0.280. The molecule has 0 aliphatic heterocycles. The van der Waals surface area contributed by atoms with Crippen molar-refractivity contribution in [2.45, 2.75) is 57.6 Å². The minimum atomic E-state index is -3.49. The summed E-state index contributed by atoms with van der Waals surface area (Å²) in [6.07, 6.45) is 3.02. The topological polar surface area (TPSA) is 57.6 Å². The first-order valence-corrected chi connectivity index (χ1v) is 9.08. The molecule has 1 N–H and O–H groups in total. The Morgan fingerprint density at radius 1 is 1.29 bits per heavy atom. The van der Waals surface area contributed by atoms with Crippen LogP contribution in [0.25, 0.3) is 0 Å². The van der Waals surface area contributed by atoms with Gasteiger partial charge in [0, 0.05) is 12.6 Å². The fourth-order valence-electron chi connectivity index (χ4n) is 2.53. The Morgan fingerprint density at radius 3 is 2.43 bits per heavy atom. The molecule has 1 aliphatic carbocycles. The second kappa shape index (κ2) is 6.46. The molecule has 118 valence electrons. The molecule has 1 saturated carbocycles. The molecular weight excluding hydrogens is 286 g/mol. The van der Waals surface area contributed by atoms with Gasteiger partial charge in [-0.25, -0.2) is 8.42 Å². The van der Waals surface area contributed by atoms with Crippen molar-refractivity contribution in [2.24, 2.45) is 5.92 Å². The molecule has 0 bridgehead atoms. The fourth-order valence-corrected chi connectivity index (χ4v) is 4.30. The summed E-state index contributed by atoms with van der Waals surface area (Å²) < 4.78 is 27.3. The lowest BCUT2D eigenvalue weighted by Gasteiger charge is -2.26. The van der Waals surface area contributed by atoms with Crippen molar-refractivity contribution in [2.75, 3.05) is 6.54 Å². The van der Waals surface area contributed by atoms with Gasteiger partial charge in [0.1, 0.15) is 0 Å². The second-order valence-corrected chi connectivity index (χ2v) is 7.94. The molecule has 0 amide bonds. The molecule has 1 aromatic rings. The van der Waals surface area contributed by atoms with Crippen molar-refractivity contribution < 1.29 is 13.5 Å². The molecule has 0 radical (unpaired) electrons. The summed E-state index contributed by atoms with van der Waals surface area (Å²) in [7, 11) is -3.49. The Morgan fingerprint density at radius 2 is 1.95 bits per heavy atom. The first-order valence-electron chi connectivity index (χ1n) is 7.64. The molecule has 21 heavy (non-hydrogen) atoms. The number of aryl methyl sites for hydroxylation is 1. The maximum absolute atomic E-state index is 12.8. The highest BCUT2D eigenvalue weighted by Crippen LogP contribution is 2.32. The molecule has 0 saturated heterocycles. The number of hydrogen-bond donors (Lipinski definition) is 1. The Labute approximate surface area is 127 Å². The Bertz CT molecular complexity index is 592. The number of rotatable bonds is 7. The third kappa shape index (κ3) is 3.65. The van der Waals surface area contributed by atoms with Gasteiger partial charge >= 0.3 is 0 Å². The predicted octanol–water partition coefficient (Wildman–Crippen LogP) is 2.55. The van der Waals surface area contributed by atoms with Crippen LogP contribution < -0.4 is 0 Å². The van der Waals surface area contributed by atoms with Crippen LogP contribution in [0.1, 0.15) is 44.7 Å². The maximum atomic E-state index is 12.8. The van der Waals surface area contributed by atoms with Gasteiger partial charge < -0.3 is 5.11 Å².